The maximum atomic E-state index is 10.3. The van der Waals surface area contributed by atoms with E-state index in [4.69, 9.17) is 4.74 Å². The first kappa shape index (κ1) is 15.5. The van der Waals surface area contributed by atoms with Crippen LogP contribution in [0.15, 0.2) is 0 Å². The molecule has 0 atom stereocenters. The van der Waals surface area contributed by atoms with Crippen molar-refractivity contribution < 1.29 is 9.53 Å². The predicted octanol–water partition coefficient (Wildman–Crippen LogP) is 4.91. The van der Waals surface area contributed by atoms with Crippen molar-refractivity contribution in [3.63, 3.8) is 0 Å². The molecule has 0 saturated heterocycles. The molecule has 0 aromatic carbocycles. The summed E-state index contributed by atoms with van der Waals surface area (Å²) in [7, 11) is 0. The highest BCUT2D eigenvalue weighted by Crippen LogP contribution is 2.18. The summed E-state index contributed by atoms with van der Waals surface area (Å²) in [6, 6.07) is 0. The van der Waals surface area contributed by atoms with Crippen LogP contribution in [0.2, 0.25) is 0 Å². The normalized spacial score (nSPS) is 22.7. The molecule has 0 N–H and O–H groups in total. The van der Waals surface area contributed by atoms with Gasteiger partial charge in [0.2, 0.25) is 0 Å². The zero-order valence-corrected chi connectivity index (χ0v) is 11.8. The van der Waals surface area contributed by atoms with Gasteiger partial charge in [0.25, 0.3) is 0 Å². The van der Waals surface area contributed by atoms with Crippen LogP contribution in [-0.2, 0) is 9.53 Å². The highest BCUT2D eigenvalue weighted by atomic mass is 16.5. The van der Waals surface area contributed by atoms with E-state index < -0.39 is 0 Å². The Hall–Kier alpha value is -0.530. The summed E-state index contributed by atoms with van der Waals surface area (Å²) in [5.74, 6) is 0. The van der Waals surface area contributed by atoms with Gasteiger partial charge in [-0.3, -0.25) is 0 Å². The Morgan fingerprint density at radius 1 is 0.611 bits per heavy atom. The molecule has 0 spiro atoms. The van der Waals surface area contributed by atoms with E-state index in [0.717, 1.165) is 12.8 Å². The summed E-state index contributed by atoms with van der Waals surface area (Å²) in [4.78, 5) is 10.3. The standard InChI is InChI=1S/C16H29O2/c17-15-18-16-13-11-9-7-5-3-1-2-4-6-8-10-12-14-16/h16H,1-14H2. The number of hydrogen-bond donors (Lipinski definition) is 0. The van der Waals surface area contributed by atoms with Crippen LogP contribution in [0.4, 0.5) is 0 Å². The maximum Gasteiger partial charge on any atom is 0.417 e. The van der Waals surface area contributed by atoms with Gasteiger partial charge in [0.05, 0.1) is 0 Å². The topological polar surface area (TPSA) is 26.3 Å². The molecule has 0 aliphatic heterocycles. The zero-order valence-electron chi connectivity index (χ0n) is 11.8. The van der Waals surface area contributed by atoms with Gasteiger partial charge >= 0.3 is 6.47 Å². The highest BCUT2D eigenvalue weighted by molar-refractivity contribution is 5.38. The van der Waals surface area contributed by atoms with Crippen molar-refractivity contribution in [1.82, 2.24) is 0 Å². The second-order valence-corrected chi connectivity index (χ2v) is 5.64. The fraction of sp³-hybridized carbons (Fsp3) is 0.938. The Kier molecular flexibility index (Phi) is 9.97. The molecule has 1 aliphatic carbocycles. The van der Waals surface area contributed by atoms with E-state index >= 15 is 0 Å². The van der Waals surface area contributed by atoms with E-state index in [-0.39, 0.29) is 6.10 Å². The molecule has 105 valence electrons. The first-order valence-corrected chi connectivity index (χ1v) is 7.96. The summed E-state index contributed by atoms with van der Waals surface area (Å²) in [5, 5.41) is 0. The SMILES string of the molecule is O=[C]OC1CCCCCCCCCCCCCC1. The van der Waals surface area contributed by atoms with Crippen LogP contribution in [0.3, 0.4) is 0 Å². The smallest absolute Gasteiger partial charge is 0.417 e. The molecule has 1 saturated carbocycles. The Labute approximate surface area is 112 Å². The first-order valence-electron chi connectivity index (χ1n) is 7.96. The molecule has 1 aliphatic rings. The maximum absolute atomic E-state index is 10.3. The summed E-state index contributed by atoms with van der Waals surface area (Å²) in [6.45, 7) is 1.63. The van der Waals surface area contributed by atoms with Gasteiger partial charge in [0, 0.05) is 0 Å². The minimum atomic E-state index is 0.132. The lowest BCUT2D eigenvalue weighted by Gasteiger charge is -2.14. The summed E-state index contributed by atoms with van der Waals surface area (Å²) in [6.07, 6.45) is 18.3. The average molecular weight is 253 g/mol. The fourth-order valence-electron chi connectivity index (χ4n) is 2.84. The molecule has 0 aromatic rings. The lowest BCUT2D eigenvalue weighted by atomic mass is 10.0. The van der Waals surface area contributed by atoms with Crippen LogP contribution in [0.1, 0.15) is 89.9 Å². The monoisotopic (exact) mass is 253 g/mol. The summed E-state index contributed by atoms with van der Waals surface area (Å²) >= 11 is 0. The van der Waals surface area contributed by atoms with Crippen LogP contribution in [-0.4, -0.2) is 12.6 Å². The minimum Gasteiger partial charge on any atom is -0.454 e. The average Bonchev–Trinajstić information content (AvgIpc) is 2.39. The second-order valence-electron chi connectivity index (χ2n) is 5.64. The Bertz CT molecular complexity index is 176. The van der Waals surface area contributed by atoms with Gasteiger partial charge in [0.1, 0.15) is 6.10 Å². The third kappa shape index (κ3) is 8.54. The van der Waals surface area contributed by atoms with Gasteiger partial charge in [-0.05, 0) is 25.7 Å². The van der Waals surface area contributed by atoms with Gasteiger partial charge in [0.15, 0.2) is 0 Å². The molecule has 2 nitrogen and oxygen atoms in total. The van der Waals surface area contributed by atoms with Crippen molar-refractivity contribution in [1.29, 1.82) is 0 Å². The molecular weight excluding hydrogens is 224 g/mol. The molecule has 0 aromatic heterocycles. The minimum absolute atomic E-state index is 0.132. The Morgan fingerprint density at radius 3 is 1.28 bits per heavy atom. The number of carbonyl (C=O) groups excluding carboxylic acids is 1. The second kappa shape index (κ2) is 11.6. The fourth-order valence-corrected chi connectivity index (χ4v) is 2.84. The van der Waals surface area contributed by atoms with Crippen LogP contribution in [0.25, 0.3) is 0 Å². The molecule has 0 heterocycles. The lowest BCUT2D eigenvalue weighted by molar-refractivity contribution is 0.151. The molecule has 18 heavy (non-hydrogen) atoms. The summed E-state index contributed by atoms with van der Waals surface area (Å²) in [5.41, 5.74) is 0. The molecule has 0 unspecified atom stereocenters. The molecular formula is C16H29O2. The van der Waals surface area contributed by atoms with E-state index in [0.29, 0.717) is 0 Å². The van der Waals surface area contributed by atoms with Gasteiger partial charge < -0.3 is 4.74 Å². The van der Waals surface area contributed by atoms with Crippen molar-refractivity contribution in [2.45, 2.75) is 96.0 Å². The van der Waals surface area contributed by atoms with Crippen molar-refractivity contribution >= 4 is 6.47 Å². The van der Waals surface area contributed by atoms with E-state index in [1.807, 2.05) is 0 Å². The number of rotatable bonds is 2. The molecule has 2 heteroatoms. The third-order valence-electron chi connectivity index (χ3n) is 4.02. The number of ether oxygens (including phenoxy) is 1. The largest absolute Gasteiger partial charge is 0.454 e. The van der Waals surface area contributed by atoms with Crippen LogP contribution < -0.4 is 0 Å². The van der Waals surface area contributed by atoms with E-state index in [1.165, 1.54) is 77.0 Å². The van der Waals surface area contributed by atoms with E-state index in [2.05, 4.69) is 0 Å². The molecule has 0 amide bonds. The van der Waals surface area contributed by atoms with Crippen molar-refractivity contribution in [3.05, 3.63) is 0 Å². The molecule has 1 radical (unpaired) electrons. The molecule has 1 rings (SSSR count). The van der Waals surface area contributed by atoms with Gasteiger partial charge in [-0.25, -0.2) is 4.79 Å². The van der Waals surface area contributed by atoms with Crippen molar-refractivity contribution in [3.8, 4) is 0 Å². The summed E-state index contributed by atoms with van der Waals surface area (Å²) < 4.78 is 5.06. The van der Waals surface area contributed by atoms with Crippen molar-refractivity contribution in [2.24, 2.45) is 0 Å². The Balaban J connectivity index is 2.22. The highest BCUT2D eigenvalue weighted by Gasteiger charge is 2.09. The van der Waals surface area contributed by atoms with Crippen LogP contribution >= 0.6 is 0 Å². The van der Waals surface area contributed by atoms with Gasteiger partial charge in [-0.15, -0.1) is 0 Å². The van der Waals surface area contributed by atoms with E-state index in [9.17, 15) is 4.79 Å². The van der Waals surface area contributed by atoms with Gasteiger partial charge in [-0.1, -0.05) is 64.2 Å². The molecule has 0 bridgehead atoms. The first-order chi connectivity index (χ1) is 8.93. The lowest BCUT2D eigenvalue weighted by Crippen LogP contribution is -2.12. The third-order valence-corrected chi connectivity index (χ3v) is 4.02. The van der Waals surface area contributed by atoms with Crippen LogP contribution in [0, 0.1) is 0 Å². The number of hydrogen-bond acceptors (Lipinski definition) is 2. The van der Waals surface area contributed by atoms with E-state index in [1.54, 1.807) is 6.47 Å². The zero-order chi connectivity index (χ0) is 12.9. The Morgan fingerprint density at radius 2 is 0.944 bits per heavy atom. The van der Waals surface area contributed by atoms with Gasteiger partial charge in [-0.2, -0.15) is 0 Å². The van der Waals surface area contributed by atoms with Crippen LogP contribution in [0.5, 0.6) is 0 Å². The van der Waals surface area contributed by atoms with Crippen molar-refractivity contribution in [2.75, 3.05) is 0 Å². The predicted molar refractivity (Wildman–Crippen MR) is 75.2 cm³/mol. The molecule has 1 fully saturated rings. The quantitative estimate of drug-likeness (QED) is 0.698.